The molecule has 12 aliphatic rings. The molecule has 7 saturated heterocycles. The fourth-order valence-corrected chi connectivity index (χ4v) is 20.5. The minimum atomic E-state index is -2.22. The normalized spacial score (nSPS) is 52.3. The van der Waals surface area contributed by atoms with Crippen molar-refractivity contribution in [3.63, 3.8) is 0 Å². The van der Waals surface area contributed by atoms with E-state index < -0.39 is 292 Å². The zero-order chi connectivity index (χ0) is 80.3. The van der Waals surface area contributed by atoms with E-state index in [1.54, 1.807) is 6.92 Å². The Morgan fingerprint density at radius 1 is 0.491 bits per heavy atom. The van der Waals surface area contributed by atoms with E-state index in [-0.39, 0.29) is 17.8 Å². The molecule has 11 fully saturated rings. The minimum Gasteiger partial charge on any atom is -0.479 e. The van der Waals surface area contributed by atoms with Crippen LogP contribution in [0.4, 0.5) is 0 Å². The highest BCUT2D eigenvalue weighted by atomic mass is 16.8. The number of aldehydes is 1. The zero-order valence-electron chi connectivity index (χ0n) is 63.1. The van der Waals surface area contributed by atoms with Gasteiger partial charge in [0.05, 0.1) is 55.6 Å². The van der Waals surface area contributed by atoms with Crippen molar-refractivity contribution in [2.24, 2.45) is 50.2 Å². The molecule has 0 unspecified atom stereocenters. The van der Waals surface area contributed by atoms with Gasteiger partial charge in [0.25, 0.3) is 0 Å². The lowest BCUT2D eigenvalue weighted by Crippen LogP contribution is -2.69. The third kappa shape index (κ3) is 15.3. The molecule has 16 N–H and O–H groups in total. The van der Waals surface area contributed by atoms with Crippen LogP contribution < -0.4 is 0 Å². The Bertz CT molecular complexity index is 3290. The molecule has 626 valence electrons. The lowest BCUT2D eigenvalue weighted by Gasteiger charge is -2.71. The molecule has 0 amide bonds. The summed E-state index contributed by atoms with van der Waals surface area (Å²) >= 11 is 0. The first kappa shape index (κ1) is 85.5. The van der Waals surface area contributed by atoms with Crippen molar-refractivity contribution < 1.29 is 181 Å². The Hall–Kier alpha value is -3.83. The van der Waals surface area contributed by atoms with E-state index in [0.717, 1.165) is 25.7 Å². The minimum absolute atomic E-state index is 0.131. The summed E-state index contributed by atoms with van der Waals surface area (Å²) in [5.41, 5.74) is -3.68. The highest BCUT2D eigenvalue weighted by Gasteiger charge is 2.72. The van der Waals surface area contributed by atoms with Crippen molar-refractivity contribution >= 4 is 30.2 Å². The number of aliphatic hydroxyl groups excluding tert-OH is 15. The second-order valence-electron chi connectivity index (χ2n) is 34.2. The first-order valence-electron chi connectivity index (χ1n) is 38.1. The summed E-state index contributed by atoms with van der Waals surface area (Å²) in [6, 6.07) is 0. The molecule has 37 heteroatoms. The molecule has 0 spiro atoms. The first-order valence-corrected chi connectivity index (χ1v) is 38.1. The van der Waals surface area contributed by atoms with Crippen LogP contribution in [0.5, 0.6) is 0 Å². The molecule has 4 saturated carbocycles. The molecule has 0 aromatic rings. The molecule has 0 aromatic heterocycles. The maximum Gasteiger partial charge on any atom is 0.335 e. The van der Waals surface area contributed by atoms with Gasteiger partial charge in [-0.05, 0) is 117 Å². The molecule has 110 heavy (non-hydrogen) atoms. The molecule has 0 radical (unpaired) electrons. The monoisotopic (exact) mass is 1580 g/mol. The predicted molar refractivity (Wildman–Crippen MR) is 360 cm³/mol. The second kappa shape index (κ2) is 32.6. The van der Waals surface area contributed by atoms with Crippen LogP contribution in [0.2, 0.25) is 0 Å². The van der Waals surface area contributed by atoms with E-state index in [9.17, 15) is 101 Å². The third-order valence-corrected chi connectivity index (χ3v) is 27.0. The Balaban J connectivity index is 0.791. The quantitative estimate of drug-likeness (QED) is 0.0192. The SMILES string of the molecule is CC(=O)O[C@H]1[C@@H](OC(C)=O)[C@@H](C)O[C@@H](OC(=O)[C@]23CCC(C)(C)C[C@H]2C2=CC[C@@H]4[C@@]5(C)CC[C@H](O[C@@H]6O[C@H](C(=O)O)[C@@H](O)[C@H](O[C@@H]7OC[C@@H](O)[C@H](O)[C@H]7O)[C@H]6O[C@@H]6O[C@H](CO)[C@H](O)[C@H](O)[C@H]6O)[C@@](C)(C=O)[C@@H]5CC[C@@]4(C)[C@]2(C)CC3)[C@@H]1O[C@@H]1O[C@@H](C)[C@H](O[C@@H]2OC[C@@H](O[C@@H]3OC[C@@H](O)[C@H](O)[C@H]3O)[C@H](O)[C@H]2O)[C@@H](O)[C@H]1O. The summed E-state index contributed by atoms with van der Waals surface area (Å²) in [4.78, 5) is 69.3. The number of carboxylic acids is 1. The second-order valence-corrected chi connectivity index (χ2v) is 34.2. The highest BCUT2D eigenvalue weighted by Crippen LogP contribution is 2.76. The summed E-state index contributed by atoms with van der Waals surface area (Å²) in [5, 5.41) is 174. The number of aliphatic hydroxyl groups is 15. The van der Waals surface area contributed by atoms with Crippen LogP contribution in [0.1, 0.15) is 133 Å². The smallest absolute Gasteiger partial charge is 0.335 e. The lowest BCUT2D eigenvalue weighted by molar-refractivity contribution is -0.391. The average molecular weight is 1580 g/mol. The number of carboxylic acid groups (broad SMARTS) is 1. The number of ether oxygens (including phenoxy) is 16. The average Bonchev–Trinajstić information content (AvgIpc) is 0.673. The van der Waals surface area contributed by atoms with Gasteiger partial charge in [-0.1, -0.05) is 53.2 Å². The van der Waals surface area contributed by atoms with Crippen LogP contribution in [-0.2, 0) is 99.8 Å². The van der Waals surface area contributed by atoms with E-state index in [4.69, 9.17) is 75.8 Å². The maximum absolute atomic E-state index is 16.0. The van der Waals surface area contributed by atoms with Gasteiger partial charge in [0.15, 0.2) is 62.2 Å². The van der Waals surface area contributed by atoms with Crippen LogP contribution in [0.25, 0.3) is 0 Å². The molecule has 12 rings (SSSR count). The Morgan fingerprint density at radius 2 is 1.02 bits per heavy atom. The Labute approximate surface area is 634 Å². The summed E-state index contributed by atoms with van der Waals surface area (Å²) < 4.78 is 96.3. The maximum atomic E-state index is 16.0. The van der Waals surface area contributed by atoms with Crippen LogP contribution >= 0.6 is 0 Å². The van der Waals surface area contributed by atoms with Crippen molar-refractivity contribution in [2.45, 2.75) is 336 Å². The van der Waals surface area contributed by atoms with E-state index >= 15 is 4.79 Å². The van der Waals surface area contributed by atoms with Gasteiger partial charge in [-0.25, -0.2) is 4.79 Å². The molecule has 41 atom stereocenters. The van der Waals surface area contributed by atoms with Crippen molar-refractivity contribution in [1.82, 2.24) is 0 Å². The summed E-state index contributed by atoms with van der Waals surface area (Å²) in [6.07, 6.45) is -50.3. The van der Waals surface area contributed by atoms with Crippen LogP contribution in [0, 0.1) is 50.2 Å². The number of esters is 3. The fraction of sp³-hybridized carbons (Fsp3) is 0.904. The first-order chi connectivity index (χ1) is 51.6. The standard InChI is InChI=1S/C73H112O37/c1-27-52(105-62-48(88)43(83)36(25-97-62)103-60-46(86)40(80)33(78)23-95-60)45(85)50(90)63(98-27)109-58-56(101-30(4)77)53(100-29(3)76)28(2)99-65(58)110-67(94)73-19-17-68(5,6)21-32(73)31-11-12-38-69(7)15-14-39(70(8,26-75)37(69)13-16-72(38,10)71(31,9)18-20-73)104-66-57(108-64-49(89)44(84)42(82)35(22-74)102-64)54(51(91)55(107-66)59(92)93)106-61-47(87)41(81)34(79)24-96-61/h11,26-28,32-58,60-66,74,78-91H,12-25H2,1-10H3,(H,92,93)/t27-,28+,32-,33+,34+,35+,36+,37+,38+,39-,40-,41-,42-,43-,44-,45-,46+,47+,48+,49+,50+,51-,52-,53-,54-,55-,56-,57+,58+,60-,61-,62-,63-,64-,65-,66+,69-,70-,71+,72+,73-/m0/s1. The number of fused-ring (bicyclic) bond motifs is 7. The van der Waals surface area contributed by atoms with Gasteiger partial charge >= 0.3 is 23.9 Å². The van der Waals surface area contributed by atoms with Gasteiger partial charge in [-0.3, -0.25) is 14.4 Å². The topological polar surface area (TPSA) is 557 Å². The Kier molecular flexibility index (Phi) is 25.3. The van der Waals surface area contributed by atoms with Crippen molar-refractivity contribution in [3.05, 3.63) is 11.6 Å². The lowest BCUT2D eigenvalue weighted by atomic mass is 9.33. The predicted octanol–water partition coefficient (Wildman–Crippen LogP) is -4.18. The van der Waals surface area contributed by atoms with Crippen molar-refractivity contribution in [1.29, 1.82) is 0 Å². The zero-order valence-corrected chi connectivity index (χ0v) is 63.1. The number of rotatable bonds is 19. The van der Waals surface area contributed by atoms with Crippen molar-refractivity contribution in [2.75, 3.05) is 26.4 Å². The number of hydrogen-bond acceptors (Lipinski definition) is 36. The van der Waals surface area contributed by atoms with Gasteiger partial charge in [-0.15, -0.1) is 0 Å². The third-order valence-electron chi connectivity index (χ3n) is 27.0. The van der Waals surface area contributed by atoms with Crippen LogP contribution in [0.15, 0.2) is 11.6 Å². The number of allylic oxidation sites excluding steroid dienone is 2. The van der Waals surface area contributed by atoms with Crippen molar-refractivity contribution in [3.8, 4) is 0 Å². The molecule has 37 nitrogen and oxygen atoms in total. The molecule has 7 aliphatic heterocycles. The molecule has 7 heterocycles. The number of carbonyl (C=O) groups is 5. The summed E-state index contributed by atoms with van der Waals surface area (Å²) in [5.74, 6) is -5.15. The molecular formula is C73H112O37. The fourth-order valence-electron chi connectivity index (χ4n) is 20.5. The van der Waals surface area contributed by atoms with E-state index in [0.29, 0.717) is 57.8 Å². The van der Waals surface area contributed by atoms with Crippen LogP contribution in [-0.4, -0.2) is 341 Å². The van der Waals surface area contributed by atoms with Gasteiger partial charge in [0, 0.05) is 13.8 Å². The summed E-state index contributed by atoms with van der Waals surface area (Å²) in [7, 11) is 0. The Morgan fingerprint density at radius 3 is 1.63 bits per heavy atom. The van der Waals surface area contributed by atoms with E-state index in [1.165, 1.54) is 13.8 Å². The van der Waals surface area contributed by atoms with Gasteiger partial charge in [0.2, 0.25) is 6.29 Å². The summed E-state index contributed by atoms with van der Waals surface area (Å²) in [6.45, 7) is 15.4. The van der Waals surface area contributed by atoms with E-state index in [2.05, 4.69) is 40.7 Å². The number of aliphatic carboxylic acids is 1. The number of hydrogen-bond donors (Lipinski definition) is 16. The van der Waals surface area contributed by atoms with Crippen LogP contribution in [0.3, 0.4) is 0 Å². The largest absolute Gasteiger partial charge is 0.479 e. The van der Waals surface area contributed by atoms with Gasteiger partial charge < -0.3 is 162 Å². The molecular weight excluding hydrogens is 1470 g/mol. The number of carbonyl (C=O) groups excluding carboxylic acids is 4. The van der Waals surface area contributed by atoms with Gasteiger partial charge in [0.1, 0.15) is 122 Å². The molecule has 0 bridgehead atoms. The van der Waals surface area contributed by atoms with E-state index in [1.807, 2.05) is 0 Å². The van der Waals surface area contributed by atoms with Gasteiger partial charge in [-0.2, -0.15) is 0 Å². The molecule has 0 aromatic carbocycles. The molecule has 5 aliphatic carbocycles. The highest BCUT2D eigenvalue weighted by molar-refractivity contribution is 5.79.